The maximum atomic E-state index is 14.4. The van der Waals surface area contributed by atoms with E-state index in [1.807, 2.05) is 13.0 Å². The van der Waals surface area contributed by atoms with Crippen LogP contribution in [0.15, 0.2) is 30.5 Å². The van der Waals surface area contributed by atoms with Gasteiger partial charge in [-0.3, -0.25) is 4.79 Å². The molecule has 1 amide bonds. The van der Waals surface area contributed by atoms with E-state index in [0.717, 1.165) is 12.8 Å². The van der Waals surface area contributed by atoms with Crippen molar-refractivity contribution in [2.45, 2.75) is 32.7 Å². The number of rotatable bonds is 4. The number of hydrogen-bond donors (Lipinski definition) is 1. The molecule has 6 nitrogen and oxygen atoms in total. The number of amides is 1. The number of nitrogens with zero attached hydrogens (tertiary/aromatic N) is 4. The lowest BCUT2D eigenvalue weighted by Crippen LogP contribution is -2.34. The number of carbonyl (C=O) groups is 1. The molecule has 7 heteroatoms. The van der Waals surface area contributed by atoms with Crippen molar-refractivity contribution in [1.82, 2.24) is 19.9 Å². The summed E-state index contributed by atoms with van der Waals surface area (Å²) >= 11 is 0. The van der Waals surface area contributed by atoms with Crippen LogP contribution in [0.4, 0.5) is 4.39 Å². The van der Waals surface area contributed by atoms with Gasteiger partial charge in [0.25, 0.3) is 5.91 Å². The van der Waals surface area contributed by atoms with Crippen LogP contribution >= 0.6 is 0 Å². The van der Waals surface area contributed by atoms with Crippen molar-refractivity contribution >= 4 is 11.6 Å². The van der Waals surface area contributed by atoms with Gasteiger partial charge in [-0.1, -0.05) is 6.07 Å². The summed E-state index contributed by atoms with van der Waals surface area (Å²) in [6.07, 6.45) is 3.73. The smallest absolute Gasteiger partial charge is 0.256 e. The zero-order chi connectivity index (χ0) is 19.1. The fourth-order valence-corrected chi connectivity index (χ4v) is 3.28. The summed E-state index contributed by atoms with van der Waals surface area (Å²) in [5.41, 5.74) is 2.00. The molecule has 27 heavy (non-hydrogen) atoms. The zero-order valence-corrected chi connectivity index (χ0v) is 15.0. The van der Waals surface area contributed by atoms with E-state index in [-0.39, 0.29) is 23.1 Å². The molecule has 136 valence electrons. The van der Waals surface area contributed by atoms with E-state index in [0.29, 0.717) is 28.5 Å². The highest BCUT2D eigenvalue weighted by molar-refractivity contribution is 6.00. The van der Waals surface area contributed by atoms with Gasteiger partial charge < -0.3 is 5.32 Å². The molecule has 0 aliphatic heterocycles. The minimum Gasteiger partial charge on any atom is -0.349 e. The first-order valence-electron chi connectivity index (χ1n) is 8.85. The van der Waals surface area contributed by atoms with Crippen molar-refractivity contribution in [3.63, 3.8) is 0 Å². The Hall–Kier alpha value is -3.27. The number of fused-ring (bicyclic) bond motifs is 1. The third kappa shape index (κ3) is 3.04. The average Bonchev–Trinajstić information content (AvgIpc) is 3.40. The summed E-state index contributed by atoms with van der Waals surface area (Å²) in [4.78, 5) is 17.2. The minimum atomic E-state index is -0.529. The lowest BCUT2D eigenvalue weighted by atomic mass is 10.0. The Morgan fingerprint density at radius 1 is 1.44 bits per heavy atom. The SMILES string of the molecule is Cc1cc(-c2c(F)cccc2C#N)nc2c(C(=O)NC(C)C3CC3)cnn12. The third-order valence-corrected chi connectivity index (χ3v) is 4.97. The lowest BCUT2D eigenvalue weighted by Gasteiger charge is -2.12. The highest BCUT2D eigenvalue weighted by Gasteiger charge is 2.30. The van der Waals surface area contributed by atoms with Crippen LogP contribution in [0, 0.1) is 30.0 Å². The topological polar surface area (TPSA) is 83.1 Å². The van der Waals surface area contributed by atoms with Crippen molar-refractivity contribution in [1.29, 1.82) is 5.26 Å². The highest BCUT2D eigenvalue weighted by atomic mass is 19.1. The minimum absolute atomic E-state index is 0.0912. The summed E-state index contributed by atoms with van der Waals surface area (Å²) in [5.74, 6) is -0.252. The quantitative estimate of drug-likeness (QED) is 0.771. The van der Waals surface area contributed by atoms with Crippen LogP contribution in [-0.2, 0) is 0 Å². The molecule has 0 spiro atoms. The molecule has 1 saturated carbocycles. The summed E-state index contributed by atoms with van der Waals surface area (Å²) in [6.45, 7) is 3.79. The molecule has 1 N–H and O–H groups in total. The van der Waals surface area contributed by atoms with Crippen molar-refractivity contribution < 1.29 is 9.18 Å². The summed E-state index contributed by atoms with van der Waals surface area (Å²) in [7, 11) is 0. The second-order valence-corrected chi connectivity index (χ2v) is 6.95. The molecule has 1 aliphatic rings. The number of benzene rings is 1. The van der Waals surface area contributed by atoms with Gasteiger partial charge in [-0.2, -0.15) is 10.4 Å². The van der Waals surface area contributed by atoms with E-state index >= 15 is 0 Å². The molecule has 2 aromatic heterocycles. The zero-order valence-electron chi connectivity index (χ0n) is 15.0. The van der Waals surface area contributed by atoms with Gasteiger partial charge in [0.15, 0.2) is 5.65 Å². The molecule has 0 bridgehead atoms. The number of hydrogen-bond acceptors (Lipinski definition) is 4. The van der Waals surface area contributed by atoms with Gasteiger partial charge in [0.1, 0.15) is 11.4 Å². The van der Waals surface area contributed by atoms with Crippen LogP contribution in [0.2, 0.25) is 0 Å². The van der Waals surface area contributed by atoms with Crippen molar-refractivity contribution in [3.05, 3.63) is 53.1 Å². The van der Waals surface area contributed by atoms with Gasteiger partial charge in [0, 0.05) is 11.7 Å². The Morgan fingerprint density at radius 3 is 2.93 bits per heavy atom. The van der Waals surface area contributed by atoms with E-state index < -0.39 is 5.82 Å². The van der Waals surface area contributed by atoms with E-state index in [4.69, 9.17) is 0 Å². The van der Waals surface area contributed by atoms with Crippen LogP contribution in [0.1, 0.15) is 41.4 Å². The van der Waals surface area contributed by atoms with E-state index in [1.165, 1.54) is 18.3 Å². The standard InChI is InChI=1S/C20H18FN5O/c1-11-8-17(18-14(9-22)4-3-5-16(18)21)25-19-15(10-23-26(11)19)20(27)24-12(2)13-6-7-13/h3-5,8,10,12-13H,6-7H2,1-2H3,(H,24,27). The van der Waals surface area contributed by atoms with Crippen LogP contribution in [-0.4, -0.2) is 26.5 Å². The summed E-state index contributed by atoms with van der Waals surface area (Å²) in [6, 6.07) is 8.07. The largest absolute Gasteiger partial charge is 0.349 e. The van der Waals surface area contributed by atoms with Gasteiger partial charge >= 0.3 is 0 Å². The molecule has 1 aliphatic carbocycles. The van der Waals surface area contributed by atoms with Gasteiger partial charge in [-0.15, -0.1) is 0 Å². The number of nitrogens with one attached hydrogen (secondary N) is 1. The third-order valence-electron chi connectivity index (χ3n) is 4.97. The Morgan fingerprint density at radius 2 is 2.22 bits per heavy atom. The van der Waals surface area contributed by atoms with Gasteiger partial charge in [0.05, 0.1) is 29.1 Å². The molecule has 3 aromatic rings. The Balaban J connectivity index is 1.81. The van der Waals surface area contributed by atoms with E-state index in [2.05, 4.69) is 15.4 Å². The van der Waals surface area contributed by atoms with Crippen LogP contribution in [0.25, 0.3) is 16.9 Å². The molecule has 4 rings (SSSR count). The first-order chi connectivity index (χ1) is 13.0. The second-order valence-electron chi connectivity index (χ2n) is 6.95. The van der Waals surface area contributed by atoms with Crippen LogP contribution in [0.3, 0.4) is 0 Å². The molecule has 1 fully saturated rings. The maximum absolute atomic E-state index is 14.4. The Labute approximate surface area is 155 Å². The van der Waals surface area contributed by atoms with E-state index in [9.17, 15) is 14.4 Å². The number of aromatic nitrogens is 3. The Kier molecular flexibility index (Phi) is 4.11. The fourth-order valence-electron chi connectivity index (χ4n) is 3.28. The van der Waals surface area contributed by atoms with Crippen LogP contribution in [0.5, 0.6) is 0 Å². The van der Waals surface area contributed by atoms with Gasteiger partial charge in [-0.05, 0) is 50.8 Å². The molecule has 2 heterocycles. The van der Waals surface area contributed by atoms with Gasteiger partial charge in [0.2, 0.25) is 0 Å². The number of aryl methyl sites for hydroxylation is 1. The summed E-state index contributed by atoms with van der Waals surface area (Å²) in [5, 5.41) is 16.6. The molecule has 1 aromatic carbocycles. The van der Waals surface area contributed by atoms with E-state index in [1.54, 1.807) is 23.6 Å². The Bertz CT molecular complexity index is 1090. The van der Waals surface area contributed by atoms with Crippen molar-refractivity contribution in [2.24, 2.45) is 5.92 Å². The second kappa shape index (κ2) is 6.47. The number of nitriles is 1. The van der Waals surface area contributed by atoms with Crippen molar-refractivity contribution in [3.8, 4) is 17.3 Å². The fraction of sp³-hybridized carbons (Fsp3) is 0.300. The lowest BCUT2D eigenvalue weighted by molar-refractivity contribution is 0.0937. The first kappa shape index (κ1) is 17.2. The average molecular weight is 363 g/mol. The van der Waals surface area contributed by atoms with Crippen LogP contribution < -0.4 is 5.32 Å². The molecule has 1 atom stereocenters. The molecule has 0 saturated heterocycles. The number of halogens is 1. The molecule has 1 unspecified atom stereocenters. The first-order valence-corrected chi connectivity index (χ1v) is 8.85. The number of carbonyl (C=O) groups excluding carboxylic acids is 1. The predicted molar refractivity (Wildman–Crippen MR) is 97.5 cm³/mol. The van der Waals surface area contributed by atoms with Crippen molar-refractivity contribution in [2.75, 3.05) is 0 Å². The molecular formula is C20H18FN5O. The highest BCUT2D eigenvalue weighted by Crippen LogP contribution is 2.32. The van der Waals surface area contributed by atoms with Gasteiger partial charge in [-0.25, -0.2) is 13.9 Å². The monoisotopic (exact) mass is 363 g/mol. The predicted octanol–water partition coefficient (Wildman–Crippen LogP) is 3.24. The maximum Gasteiger partial charge on any atom is 0.256 e. The summed E-state index contributed by atoms with van der Waals surface area (Å²) < 4.78 is 16.0. The normalized spacial score (nSPS) is 14.7. The molecular weight excluding hydrogens is 345 g/mol. The molecule has 0 radical (unpaired) electrons.